The molecule has 30 heavy (non-hydrogen) atoms. The van der Waals surface area contributed by atoms with Crippen molar-refractivity contribution in [3.8, 4) is 11.4 Å². The van der Waals surface area contributed by atoms with Gasteiger partial charge in [0.1, 0.15) is 5.69 Å². The van der Waals surface area contributed by atoms with E-state index < -0.39 is 18.6 Å². The Morgan fingerprint density at radius 3 is 2.57 bits per heavy atom. The number of imidazole rings is 1. The molecule has 0 spiro atoms. The van der Waals surface area contributed by atoms with Gasteiger partial charge < -0.3 is 9.77 Å². The van der Waals surface area contributed by atoms with Gasteiger partial charge in [-0.05, 0) is 36.6 Å². The number of halogens is 5. The third-order valence-electron chi connectivity index (χ3n) is 4.90. The van der Waals surface area contributed by atoms with Crippen LogP contribution in [-0.4, -0.2) is 32.4 Å². The fraction of sp³-hybridized carbons (Fsp3) is 0.421. The van der Waals surface area contributed by atoms with Gasteiger partial charge in [0, 0.05) is 5.56 Å². The fourth-order valence-electron chi connectivity index (χ4n) is 3.23. The Labute approximate surface area is 172 Å². The highest BCUT2D eigenvalue weighted by molar-refractivity contribution is 7.99. The minimum atomic E-state index is -5.67. The molecular formula is C19H17F5N4OS. The van der Waals surface area contributed by atoms with E-state index in [0.717, 1.165) is 40.1 Å². The lowest BCUT2D eigenvalue weighted by Crippen LogP contribution is -2.40. The standard InChI is InChI=1S/C19H17F5N4OS/c1-2-30-16-5-12(11-3-4-11)8-28(29)17(16)14-6-13-15(7-25-14)27(10-26-13)9-18(20,21)19(22,23)24/h5-8,10-11H,2-4,9H2,1H3. The summed E-state index contributed by atoms with van der Waals surface area (Å²) < 4.78 is 65.9. The second kappa shape index (κ2) is 7.36. The second-order valence-electron chi connectivity index (χ2n) is 7.15. The first kappa shape index (κ1) is 20.8. The average molecular weight is 444 g/mol. The highest BCUT2D eigenvalue weighted by Crippen LogP contribution is 2.42. The van der Waals surface area contributed by atoms with E-state index in [1.165, 1.54) is 30.2 Å². The number of hydrogen-bond donors (Lipinski definition) is 0. The number of pyridine rings is 2. The van der Waals surface area contributed by atoms with Crippen LogP contribution >= 0.6 is 11.8 Å². The van der Waals surface area contributed by atoms with Crippen molar-refractivity contribution in [2.75, 3.05) is 5.75 Å². The molecule has 0 saturated heterocycles. The molecule has 0 radical (unpaired) electrons. The molecular weight excluding hydrogens is 427 g/mol. The Bertz CT molecular complexity index is 1090. The minimum absolute atomic E-state index is 0.0272. The van der Waals surface area contributed by atoms with Crippen molar-refractivity contribution in [3.05, 3.63) is 41.6 Å². The molecule has 0 aromatic carbocycles. The average Bonchev–Trinajstić information content (AvgIpc) is 3.43. The van der Waals surface area contributed by atoms with Crippen LogP contribution in [0.4, 0.5) is 22.0 Å². The summed E-state index contributed by atoms with van der Waals surface area (Å²) in [6.07, 6.45) is 0.0134. The molecule has 5 nitrogen and oxygen atoms in total. The zero-order valence-electron chi connectivity index (χ0n) is 15.8. The molecule has 1 saturated carbocycles. The molecule has 4 rings (SSSR count). The summed E-state index contributed by atoms with van der Waals surface area (Å²) in [6.45, 7) is 0.356. The number of thioether (sulfide) groups is 1. The van der Waals surface area contributed by atoms with Crippen molar-refractivity contribution in [3.63, 3.8) is 0 Å². The predicted molar refractivity (Wildman–Crippen MR) is 101 cm³/mol. The summed E-state index contributed by atoms with van der Waals surface area (Å²) >= 11 is 1.48. The zero-order valence-corrected chi connectivity index (χ0v) is 16.6. The lowest BCUT2D eigenvalue weighted by Gasteiger charge is -2.20. The molecule has 0 amide bonds. The van der Waals surface area contributed by atoms with Gasteiger partial charge in [0.05, 0.1) is 35.0 Å². The Balaban J connectivity index is 1.73. The molecule has 160 valence electrons. The van der Waals surface area contributed by atoms with Gasteiger partial charge in [-0.2, -0.15) is 26.7 Å². The number of rotatable bonds is 6. The van der Waals surface area contributed by atoms with Crippen molar-refractivity contribution in [2.45, 2.75) is 49.2 Å². The molecule has 11 heteroatoms. The summed E-state index contributed by atoms with van der Waals surface area (Å²) in [6, 6.07) is 3.39. The molecule has 0 aliphatic heterocycles. The van der Waals surface area contributed by atoms with Crippen molar-refractivity contribution >= 4 is 22.8 Å². The summed E-state index contributed by atoms with van der Waals surface area (Å²) in [5.41, 5.74) is 1.76. The third-order valence-corrected chi connectivity index (χ3v) is 5.81. The number of fused-ring (bicyclic) bond motifs is 1. The lowest BCUT2D eigenvalue weighted by molar-refractivity contribution is -0.596. The van der Waals surface area contributed by atoms with Crippen molar-refractivity contribution in [2.24, 2.45) is 0 Å². The molecule has 0 unspecified atom stereocenters. The molecule has 0 bridgehead atoms. The van der Waals surface area contributed by atoms with Crippen LogP contribution in [0.5, 0.6) is 0 Å². The first-order valence-electron chi connectivity index (χ1n) is 9.26. The topological polar surface area (TPSA) is 57.6 Å². The summed E-state index contributed by atoms with van der Waals surface area (Å²) in [4.78, 5) is 8.85. The number of nitrogens with zero attached hydrogens (tertiary/aromatic N) is 4. The van der Waals surface area contributed by atoms with Crippen molar-refractivity contribution in [1.29, 1.82) is 0 Å². The van der Waals surface area contributed by atoms with Gasteiger partial charge in [-0.25, -0.2) is 9.97 Å². The molecule has 3 aromatic heterocycles. The van der Waals surface area contributed by atoms with Gasteiger partial charge in [-0.3, -0.25) is 0 Å². The first-order valence-corrected chi connectivity index (χ1v) is 10.2. The largest absolute Gasteiger partial charge is 0.618 e. The lowest BCUT2D eigenvalue weighted by atomic mass is 10.1. The minimum Gasteiger partial charge on any atom is -0.618 e. The van der Waals surface area contributed by atoms with E-state index in [1.54, 1.807) is 0 Å². The van der Waals surface area contributed by atoms with E-state index in [1.807, 2.05) is 13.0 Å². The Morgan fingerprint density at radius 1 is 1.20 bits per heavy atom. The smallest absolute Gasteiger partial charge is 0.455 e. The van der Waals surface area contributed by atoms with Gasteiger partial charge in [0.15, 0.2) is 6.20 Å². The van der Waals surface area contributed by atoms with E-state index >= 15 is 0 Å². The highest BCUT2D eigenvalue weighted by atomic mass is 32.2. The monoisotopic (exact) mass is 444 g/mol. The first-order chi connectivity index (χ1) is 14.1. The summed E-state index contributed by atoms with van der Waals surface area (Å²) in [7, 11) is 0. The number of hydrogen-bond acceptors (Lipinski definition) is 4. The van der Waals surface area contributed by atoms with Crippen molar-refractivity contribution < 1.29 is 26.7 Å². The van der Waals surface area contributed by atoms with E-state index in [0.29, 0.717) is 16.2 Å². The Morgan fingerprint density at radius 2 is 1.93 bits per heavy atom. The normalized spacial score (nSPS) is 15.1. The van der Waals surface area contributed by atoms with Crippen LogP contribution in [0.15, 0.2) is 35.7 Å². The van der Waals surface area contributed by atoms with Crippen LogP contribution in [0.1, 0.15) is 31.2 Å². The molecule has 1 aliphatic carbocycles. The van der Waals surface area contributed by atoms with Crippen LogP contribution in [0, 0.1) is 5.21 Å². The van der Waals surface area contributed by atoms with Crippen LogP contribution < -0.4 is 4.73 Å². The Hall–Kier alpha value is -2.43. The molecule has 3 heterocycles. The Kier molecular flexibility index (Phi) is 5.11. The third kappa shape index (κ3) is 3.82. The van der Waals surface area contributed by atoms with E-state index in [2.05, 4.69) is 9.97 Å². The van der Waals surface area contributed by atoms with Crippen LogP contribution in [0.2, 0.25) is 0 Å². The number of aromatic nitrogens is 4. The molecule has 1 fully saturated rings. The van der Waals surface area contributed by atoms with E-state index in [-0.39, 0.29) is 16.7 Å². The summed E-state index contributed by atoms with van der Waals surface area (Å²) in [5.74, 6) is -3.79. The molecule has 0 N–H and O–H groups in total. The van der Waals surface area contributed by atoms with E-state index in [9.17, 15) is 27.2 Å². The quantitative estimate of drug-likeness (QED) is 0.234. The molecule has 1 aliphatic rings. The predicted octanol–water partition coefficient (Wildman–Crippen LogP) is 4.92. The van der Waals surface area contributed by atoms with Gasteiger partial charge in [0.25, 0.3) is 5.69 Å². The molecule has 0 atom stereocenters. The van der Waals surface area contributed by atoms with Gasteiger partial charge >= 0.3 is 12.1 Å². The highest BCUT2D eigenvalue weighted by Gasteiger charge is 2.57. The maximum Gasteiger partial charge on any atom is 0.455 e. The van der Waals surface area contributed by atoms with Crippen LogP contribution in [0.3, 0.4) is 0 Å². The number of alkyl halides is 5. The maximum absolute atomic E-state index is 13.4. The molecule has 3 aromatic rings. The maximum atomic E-state index is 13.4. The van der Waals surface area contributed by atoms with E-state index in [4.69, 9.17) is 0 Å². The van der Waals surface area contributed by atoms with Crippen LogP contribution in [0.25, 0.3) is 22.4 Å². The SMILES string of the molecule is CCSc1cc(C2CC2)c[n+]([O-])c1-c1cc2ncn(CC(F)(F)C(F)(F)F)c2cn1. The van der Waals surface area contributed by atoms with Gasteiger partial charge in [-0.1, -0.05) is 6.92 Å². The van der Waals surface area contributed by atoms with Crippen LogP contribution in [-0.2, 0) is 6.54 Å². The van der Waals surface area contributed by atoms with Crippen molar-refractivity contribution in [1.82, 2.24) is 14.5 Å². The van der Waals surface area contributed by atoms with Gasteiger partial charge in [-0.15, -0.1) is 11.8 Å². The fourth-order valence-corrected chi connectivity index (χ4v) is 4.09. The van der Waals surface area contributed by atoms with Gasteiger partial charge in [0.2, 0.25) is 0 Å². The zero-order chi connectivity index (χ0) is 21.7. The second-order valence-corrected chi connectivity index (χ2v) is 8.46. The summed E-state index contributed by atoms with van der Waals surface area (Å²) in [5, 5.41) is 12.7.